The summed E-state index contributed by atoms with van der Waals surface area (Å²) in [6.45, 7) is 5.85. The number of hydrogen-bond acceptors (Lipinski definition) is 3. The fourth-order valence-corrected chi connectivity index (χ4v) is 2.91. The van der Waals surface area contributed by atoms with Crippen molar-refractivity contribution in [1.82, 2.24) is 4.72 Å². The smallest absolute Gasteiger partial charge is 0.414 e. The minimum absolute atomic E-state index is 0.441. The third-order valence-electron chi connectivity index (χ3n) is 3.40. The van der Waals surface area contributed by atoms with E-state index in [2.05, 4.69) is 4.72 Å². The average Bonchev–Trinajstić information content (AvgIpc) is 2.39. The standard InChI is InChI=1S/C15H20F5NO2S/c1-13(2,3)24(23)21-14(4,8-11(22)15(18,19)20)9-6-5-7-10(16)12(9)17/h5-7,11,21-22H,8H2,1-4H3/t11-,14+,24?/m0/s1. The first-order valence-electron chi connectivity index (χ1n) is 7.07. The Morgan fingerprint density at radius 2 is 1.71 bits per heavy atom. The Morgan fingerprint density at radius 3 is 2.17 bits per heavy atom. The van der Waals surface area contributed by atoms with E-state index >= 15 is 0 Å². The minimum Gasteiger partial charge on any atom is -0.598 e. The van der Waals surface area contributed by atoms with Crippen LogP contribution in [0.2, 0.25) is 0 Å². The van der Waals surface area contributed by atoms with Crippen LogP contribution in [0.3, 0.4) is 0 Å². The summed E-state index contributed by atoms with van der Waals surface area (Å²) >= 11 is -1.88. The second kappa shape index (κ2) is 7.15. The van der Waals surface area contributed by atoms with Gasteiger partial charge in [-0.05, 0) is 33.8 Å². The molecule has 1 unspecified atom stereocenters. The number of rotatable bonds is 5. The SMILES string of the molecule is CC(C)(C)[S+]([O-])N[C@](C)(C[C@H](O)C(F)(F)F)c1cccc(F)c1F. The zero-order valence-electron chi connectivity index (χ0n) is 13.7. The van der Waals surface area contributed by atoms with Gasteiger partial charge in [-0.15, -0.1) is 4.72 Å². The summed E-state index contributed by atoms with van der Waals surface area (Å²) in [6.07, 6.45) is -8.77. The zero-order valence-corrected chi connectivity index (χ0v) is 14.5. The van der Waals surface area contributed by atoms with Gasteiger partial charge in [0.05, 0.1) is 5.54 Å². The van der Waals surface area contributed by atoms with Crippen molar-refractivity contribution in [3.8, 4) is 0 Å². The number of aliphatic hydroxyl groups excluding tert-OH is 1. The zero-order chi connectivity index (χ0) is 18.9. The van der Waals surface area contributed by atoms with Crippen molar-refractivity contribution < 1.29 is 31.6 Å². The van der Waals surface area contributed by atoms with Gasteiger partial charge in [-0.25, -0.2) is 8.78 Å². The topological polar surface area (TPSA) is 55.3 Å². The number of aliphatic hydroxyl groups is 1. The molecule has 0 aliphatic rings. The highest BCUT2D eigenvalue weighted by molar-refractivity contribution is 7.90. The van der Waals surface area contributed by atoms with Gasteiger partial charge in [-0.2, -0.15) is 13.2 Å². The fraction of sp³-hybridized carbons (Fsp3) is 0.600. The Hall–Kier alpha value is -0.900. The maximum absolute atomic E-state index is 14.1. The lowest BCUT2D eigenvalue weighted by Gasteiger charge is -2.36. The van der Waals surface area contributed by atoms with Crippen LogP contribution in [0.15, 0.2) is 18.2 Å². The molecule has 0 amide bonds. The highest BCUT2D eigenvalue weighted by Crippen LogP contribution is 2.36. The second-order valence-corrected chi connectivity index (χ2v) is 8.64. The van der Waals surface area contributed by atoms with Gasteiger partial charge in [0.2, 0.25) is 0 Å². The second-order valence-electron chi connectivity index (χ2n) is 6.68. The van der Waals surface area contributed by atoms with E-state index in [1.807, 2.05) is 0 Å². The molecule has 0 aliphatic carbocycles. The average molecular weight is 373 g/mol. The van der Waals surface area contributed by atoms with Crippen LogP contribution in [0.25, 0.3) is 0 Å². The molecule has 3 nitrogen and oxygen atoms in total. The molecule has 0 spiro atoms. The van der Waals surface area contributed by atoms with Crippen LogP contribution in [0.5, 0.6) is 0 Å². The lowest BCUT2D eigenvalue weighted by atomic mass is 9.86. The third-order valence-corrected chi connectivity index (χ3v) is 5.15. The van der Waals surface area contributed by atoms with E-state index in [4.69, 9.17) is 0 Å². The molecule has 2 N–H and O–H groups in total. The van der Waals surface area contributed by atoms with E-state index < -0.39 is 57.5 Å². The first-order valence-corrected chi connectivity index (χ1v) is 8.22. The molecule has 0 bridgehead atoms. The number of nitrogens with one attached hydrogen (secondary N) is 1. The van der Waals surface area contributed by atoms with Crippen LogP contribution in [0.1, 0.15) is 39.7 Å². The molecular formula is C15H20F5NO2S. The minimum atomic E-state index is -4.95. The molecule has 0 saturated heterocycles. The van der Waals surface area contributed by atoms with E-state index in [9.17, 15) is 31.6 Å². The lowest BCUT2D eigenvalue weighted by Crippen LogP contribution is -2.53. The predicted molar refractivity (Wildman–Crippen MR) is 81.4 cm³/mol. The Bertz CT molecular complexity index is 552. The number of alkyl halides is 3. The van der Waals surface area contributed by atoms with E-state index in [1.54, 1.807) is 20.8 Å². The first kappa shape index (κ1) is 21.1. The predicted octanol–water partition coefficient (Wildman–Crippen LogP) is 3.55. The van der Waals surface area contributed by atoms with Crippen molar-refractivity contribution in [2.75, 3.05) is 0 Å². The largest absolute Gasteiger partial charge is 0.598 e. The van der Waals surface area contributed by atoms with Crippen LogP contribution >= 0.6 is 0 Å². The third kappa shape index (κ3) is 5.05. The fourth-order valence-electron chi connectivity index (χ4n) is 2.00. The van der Waals surface area contributed by atoms with Gasteiger partial charge in [-0.1, -0.05) is 12.1 Å². The van der Waals surface area contributed by atoms with Crippen LogP contribution in [-0.4, -0.2) is 26.7 Å². The first-order chi connectivity index (χ1) is 10.7. The molecule has 0 saturated carbocycles. The van der Waals surface area contributed by atoms with Crippen LogP contribution in [-0.2, 0) is 16.9 Å². The molecule has 0 heterocycles. The Kier molecular flexibility index (Phi) is 6.30. The highest BCUT2D eigenvalue weighted by Gasteiger charge is 2.47. The summed E-state index contributed by atoms with van der Waals surface area (Å²) in [4.78, 5) is 0. The van der Waals surface area contributed by atoms with E-state index in [0.29, 0.717) is 0 Å². The van der Waals surface area contributed by atoms with Gasteiger partial charge in [0.25, 0.3) is 0 Å². The highest BCUT2D eigenvalue weighted by atomic mass is 32.2. The van der Waals surface area contributed by atoms with Gasteiger partial charge in [-0.3, -0.25) is 0 Å². The molecule has 0 fully saturated rings. The van der Waals surface area contributed by atoms with Gasteiger partial charge < -0.3 is 9.66 Å². The van der Waals surface area contributed by atoms with Crippen LogP contribution < -0.4 is 4.72 Å². The molecular weight excluding hydrogens is 353 g/mol. The lowest BCUT2D eigenvalue weighted by molar-refractivity contribution is -0.209. The summed E-state index contributed by atoms with van der Waals surface area (Å²) in [7, 11) is 0. The molecule has 1 aromatic rings. The molecule has 1 aromatic carbocycles. The maximum Gasteiger partial charge on any atom is 0.414 e. The normalized spacial score (nSPS) is 18.1. The molecule has 9 heteroatoms. The Labute approximate surface area is 140 Å². The molecule has 1 rings (SSSR count). The monoisotopic (exact) mass is 373 g/mol. The molecule has 0 radical (unpaired) electrons. The van der Waals surface area contributed by atoms with Crippen LogP contribution in [0.4, 0.5) is 22.0 Å². The maximum atomic E-state index is 14.1. The van der Waals surface area contributed by atoms with E-state index in [1.165, 1.54) is 0 Å². The molecule has 138 valence electrons. The summed E-state index contributed by atoms with van der Waals surface area (Å²) < 4.78 is 79.6. The summed E-state index contributed by atoms with van der Waals surface area (Å²) in [6, 6.07) is 3.04. The van der Waals surface area contributed by atoms with Gasteiger partial charge in [0.1, 0.15) is 4.75 Å². The molecule has 24 heavy (non-hydrogen) atoms. The van der Waals surface area contributed by atoms with Gasteiger partial charge >= 0.3 is 6.18 Å². The van der Waals surface area contributed by atoms with E-state index in [0.717, 1.165) is 25.1 Å². The van der Waals surface area contributed by atoms with E-state index in [-0.39, 0.29) is 0 Å². The van der Waals surface area contributed by atoms with Crippen LogP contribution in [0, 0.1) is 11.6 Å². The van der Waals surface area contributed by atoms with Crippen molar-refractivity contribution in [3.05, 3.63) is 35.4 Å². The van der Waals surface area contributed by atoms with Gasteiger partial charge in [0.15, 0.2) is 17.7 Å². The number of halogens is 5. The summed E-state index contributed by atoms with van der Waals surface area (Å²) in [5.74, 6) is -2.60. The number of hydrogen-bond donors (Lipinski definition) is 2. The van der Waals surface area contributed by atoms with Crippen molar-refractivity contribution in [3.63, 3.8) is 0 Å². The quantitative estimate of drug-likeness (QED) is 0.613. The van der Waals surface area contributed by atoms with Gasteiger partial charge in [0, 0.05) is 23.3 Å². The number of benzene rings is 1. The Balaban J connectivity index is 3.32. The molecule has 0 aromatic heterocycles. The summed E-state index contributed by atoms with van der Waals surface area (Å²) in [5, 5.41) is 9.38. The molecule has 0 aliphatic heterocycles. The van der Waals surface area contributed by atoms with Crippen molar-refractivity contribution >= 4 is 11.4 Å². The Morgan fingerprint density at radius 1 is 1.17 bits per heavy atom. The van der Waals surface area contributed by atoms with Crippen molar-refractivity contribution in [2.24, 2.45) is 0 Å². The molecule has 3 atom stereocenters. The summed E-state index contributed by atoms with van der Waals surface area (Å²) in [5.41, 5.74) is -2.34. The van der Waals surface area contributed by atoms with Crippen molar-refractivity contribution in [1.29, 1.82) is 0 Å². The van der Waals surface area contributed by atoms with Crippen molar-refractivity contribution in [2.45, 2.75) is 56.7 Å².